The van der Waals surface area contributed by atoms with Crippen molar-refractivity contribution >= 4 is 5.91 Å². The van der Waals surface area contributed by atoms with E-state index in [9.17, 15) is 4.79 Å². The monoisotopic (exact) mass is 293 g/mol. The number of hydrogen-bond acceptors (Lipinski definition) is 6. The number of nitrogens with zero attached hydrogens (tertiary/aromatic N) is 5. The van der Waals surface area contributed by atoms with E-state index in [4.69, 9.17) is 9.26 Å². The van der Waals surface area contributed by atoms with Crippen molar-refractivity contribution in [3.63, 3.8) is 0 Å². The zero-order chi connectivity index (χ0) is 15.2. The average Bonchev–Trinajstić information content (AvgIpc) is 3.15. The van der Waals surface area contributed by atoms with Gasteiger partial charge in [-0.3, -0.25) is 9.48 Å². The highest BCUT2D eigenvalue weighted by atomic mass is 16.5. The first kappa shape index (κ1) is 15.2. The predicted molar refractivity (Wildman–Crippen MR) is 73.0 cm³/mol. The molecule has 21 heavy (non-hydrogen) atoms. The van der Waals surface area contributed by atoms with Crippen LogP contribution in [0, 0.1) is 0 Å². The smallest absolute Gasteiger partial charge is 0.247 e. The second-order valence-electron chi connectivity index (χ2n) is 4.55. The highest BCUT2D eigenvalue weighted by Gasteiger charge is 2.23. The number of ether oxygens (including phenoxy) is 1. The van der Waals surface area contributed by atoms with Crippen molar-refractivity contribution in [2.24, 2.45) is 0 Å². The van der Waals surface area contributed by atoms with Crippen molar-refractivity contribution in [3.8, 4) is 0 Å². The molecule has 0 radical (unpaired) electrons. The van der Waals surface area contributed by atoms with Gasteiger partial charge in [0.15, 0.2) is 5.82 Å². The Balaban J connectivity index is 2.03. The van der Waals surface area contributed by atoms with Gasteiger partial charge in [0.2, 0.25) is 11.8 Å². The van der Waals surface area contributed by atoms with Crippen LogP contribution in [0.5, 0.6) is 0 Å². The second-order valence-corrected chi connectivity index (χ2v) is 4.55. The number of likely N-dealkylation sites (N-methyl/N-ethyl adjacent to an activating group) is 1. The van der Waals surface area contributed by atoms with E-state index >= 15 is 0 Å². The van der Waals surface area contributed by atoms with Gasteiger partial charge >= 0.3 is 0 Å². The maximum atomic E-state index is 12.5. The summed E-state index contributed by atoms with van der Waals surface area (Å²) < 4.78 is 11.7. The summed E-state index contributed by atoms with van der Waals surface area (Å²) in [5, 5.41) is 7.87. The summed E-state index contributed by atoms with van der Waals surface area (Å²) in [7, 11) is 1.56. The molecule has 8 nitrogen and oxygen atoms in total. The Kier molecular flexibility index (Phi) is 5.04. The van der Waals surface area contributed by atoms with E-state index in [1.807, 2.05) is 13.8 Å². The number of methoxy groups -OCH3 is 1. The SMILES string of the molecule is CCN(Cc1nc(COC)no1)C(=O)C(C)n1cccn1. The van der Waals surface area contributed by atoms with Crippen LogP contribution in [-0.2, 0) is 22.7 Å². The predicted octanol–water partition coefficient (Wildman–Crippen LogP) is 1.02. The molecule has 0 bridgehead atoms. The van der Waals surface area contributed by atoms with Crippen LogP contribution < -0.4 is 0 Å². The average molecular weight is 293 g/mol. The van der Waals surface area contributed by atoms with E-state index in [-0.39, 0.29) is 25.1 Å². The fourth-order valence-corrected chi connectivity index (χ4v) is 1.94. The minimum Gasteiger partial charge on any atom is -0.377 e. The van der Waals surface area contributed by atoms with Crippen molar-refractivity contribution in [2.45, 2.75) is 33.0 Å². The van der Waals surface area contributed by atoms with Gasteiger partial charge in [0, 0.05) is 26.0 Å². The molecule has 2 heterocycles. The molecule has 8 heteroatoms. The van der Waals surface area contributed by atoms with Crippen molar-refractivity contribution in [3.05, 3.63) is 30.2 Å². The van der Waals surface area contributed by atoms with Gasteiger partial charge in [0.05, 0.1) is 0 Å². The Morgan fingerprint density at radius 3 is 3.00 bits per heavy atom. The first-order valence-electron chi connectivity index (χ1n) is 6.74. The molecular formula is C13H19N5O3. The highest BCUT2D eigenvalue weighted by molar-refractivity contribution is 5.79. The minimum atomic E-state index is -0.374. The lowest BCUT2D eigenvalue weighted by molar-refractivity contribution is -0.135. The van der Waals surface area contributed by atoms with Gasteiger partial charge in [-0.05, 0) is 19.9 Å². The minimum absolute atomic E-state index is 0.0484. The van der Waals surface area contributed by atoms with E-state index in [1.54, 1.807) is 35.2 Å². The molecule has 1 amide bonds. The molecule has 0 aliphatic heterocycles. The lowest BCUT2D eigenvalue weighted by Crippen LogP contribution is -2.36. The van der Waals surface area contributed by atoms with Gasteiger partial charge in [-0.15, -0.1) is 0 Å². The van der Waals surface area contributed by atoms with Gasteiger partial charge in [-0.1, -0.05) is 5.16 Å². The maximum Gasteiger partial charge on any atom is 0.247 e. The van der Waals surface area contributed by atoms with E-state index < -0.39 is 0 Å². The number of carbonyl (C=O) groups is 1. The Bertz CT molecular complexity index is 566. The van der Waals surface area contributed by atoms with Gasteiger partial charge in [0.25, 0.3) is 0 Å². The van der Waals surface area contributed by atoms with E-state index in [1.165, 1.54) is 0 Å². The number of rotatable bonds is 7. The number of carbonyl (C=O) groups excluding carboxylic acids is 1. The lowest BCUT2D eigenvalue weighted by Gasteiger charge is -2.22. The van der Waals surface area contributed by atoms with E-state index in [0.717, 1.165) is 0 Å². The van der Waals surface area contributed by atoms with E-state index in [0.29, 0.717) is 18.3 Å². The Morgan fingerprint density at radius 1 is 1.57 bits per heavy atom. The third-order valence-corrected chi connectivity index (χ3v) is 3.08. The summed E-state index contributed by atoms with van der Waals surface area (Å²) in [6, 6.07) is 1.41. The Morgan fingerprint density at radius 2 is 2.38 bits per heavy atom. The molecule has 1 unspecified atom stereocenters. The summed E-state index contributed by atoms with van der Waals surface area (Å²) >= 11 is 0. The van der Waals surface area contributed by atoms with Gasteiger partial charge in [-0.2, -0.15) is 10.1 Å². The summed E-state index contributed by atoms with van der Waals surface area (Å²) in [5.74, 6) is 0.814. The second kappa shape index (κ2) is 6.98. The molecule has 2 aromatic rings. The third kappa shape index (κ3) is 3.66. The molecule has 0 aliphatic carbocycles. The van der Waals surface area contributed by atoms with Gasteiger partial charge in [0.1, 0.15) is 19.2 Å². The van der Waals surface area contributed by atoms with Crippen LogP contribution in [0.3, 0.4) is 0 Å². The number of amides is 1. The molecule has 0 saturated heterocycles. The third-order valence-electron chi connectivity index (χ3n) is 3.08. The van der Waals surface area contributed by atoms with Crippen molar-refractivity contribution in [2.75, 3.05) is 13.7 Å². The van der Waals surface area contributed by atoms with Crippen LogP contribution in [0.4, 0.5) is 0 Å². The molecule has 0 aromatic carbocycles. The van der Waals surface area contributed by atoms with E-state index in [2.05, 4.69) is 15.2 Å². The Labute approximate surface area is 122 Å². The first-order chi connectivity index (χ1) is 10.2. The zero-order valence-electron chi connectivity index (χ0n) is 12.4. The van der Waals surface area contributed by atoms with Crippen LogP contribution in [0.1, 0.15) is 31.6 Å². The van der Waals surface area contributed by atoms with Gasteiger partial charge < -0.3 is 14.2 Å². The van der Waals surface area contributed by atoms with Crippen molar-refractivity contribution in [1.82, 2.24) is 24.8 Å². The van der Waals surface area contributed by atoms with Crippen LogP contribution in [0.25, 0.3) is 0 Å². The molecule has 0 N–H and O–H groups in total. The van der Waals surface area contributed by atoms with Crippen LogP contribution >= 0.6 is 0 Å². The summed E-state index contributed by atoms with van der Waals surface area (Å²) in [4.78, 5) is 18.3. The quantitative estimate of drug-likeness (QED) is 0.757. The molecule has 114 valence electrons. The molecular weight excluding hydrogens is 274 g/mol. The lowest BCUT2D eigenvalue weighted by atomic mass is 10.3. The van der Waals surface area contributed by atoms with Gasteiger partial charge in [-0.25, -0.2) is 0 Å². The molecule has 2 rings (SSSR count). The molecule has 0 aliphatic rings. The van der Waals surface area contributed by atoms with Crippen molar-refractivity contribution in [1.29, 1.82) is 0 Å². The highest BCUT2D eigenvalue weighted by Crippen LogP contribution is 2.11. The molecule has 1 atom stereocenters. The first-order valence-corrected chi connectivity index (χ1v) is 6.74. The fraction of sp³-hybridized carbons (Fsp3) is 0.538. The summed E-state index contributed by atoms with van der Waals surface area (Å²) in [5.41, 5.74) is 0. The molecule has 2 aromatic heterocycles. The van der Waals surface area contributed by atoms with Crippen LogP contribution in [-0.4, -0.2) is 44.4 Å². The molecule has 0 saturated carbocycles. The summed E-state index contributed by atoms with van der Waals surface area (Å²) in [6.45, 7) is 4.82. The standard InChI is InChI=1S/C13H19N5O3/c1-4-17(8-12-15-11(9-20-3)16-21-12)13(19)10(2)18-7-5-6-14-18/h5-7,10H,4,8-9H2,1-3H3. The topological polar surface area (TPSA) is 86.3 Å². The largest absolute Gasteiger partial charge is 0.377 e. The van der Waals surface area contributed by atoms with Crippen LogP contribution in [0.2, 0.25) is 0 Å². The molecule has 0 spiro atoms. The number of hydrogen-bond donors (Lipinski definition) is 0. The normalized spacial score (nSPS) is 12.3. The van der Waals surface area contributed by atoms with Crippen LogP contribution in [0.15, 0.2) is 23.0 Å². The molecule has 0 fully saturated rings. The van der Waals surface area contributed by atoms with Crippen molar-refractivity contribution < 1.29 is 14.1 Å². The summed E-state index contributed by atoms with van der Waals surface area (Å²) in [6.07, 6.45) is 3.41. The number of aromatic nitrogens is 4. The maximum absolute atomic E-state index is 12.5. The Hall–Kier alpha value is -2.22. The zero-order valence-corrected chi connectivity index (χ0v) is 12.4. The fourth-order valence-electron chi connectivity index (χ4n) is 1.94.